The zero-order valence-electron chi connectivity index (χ0n) is 29.4. The average Bonchev–Trinajstić information content (AvgIpc) is 3.14. The number of aliphatic hydroxyl groups excluding tert-OH is 1. The predicted molar refractivity (Wildman–Crippen MR) is 192 cm³/mol. The highest BCUT2D eigenvalue weighted by atomic mass is 35.5. The van der Waals surface area contributed by atoms with E-state index in [0.717, 1.165) is 45.1 Å². The zero-order chi connectivity index (χ0) is 39.7. The van der Waals surface area contributed by atoms with E-state index in [1.54, 1.807) is 6.07 Å². The van der Waals surface area contributed by atoms with Gasteiger partial charge >= 0.3 is 6.09 Å². The third kappa shape index (κ3) is 22.5. The third-order valence-electron chi connectivity index (χ3n) is 6.89. The van der Waals surface area contributed by atoms with Crippen LogP contribution in [0.25, 0.3) is 0 Å². The Balaban J connectivity index is -0.000000906. The van der Waals surface area contributed by atoms with Crippen LogP contribution in [0.5, 0.6) is 11.5 Å². The maximum atomic E-state index is 13.7. The van der Waals surface area contributed by atoms with Crippen molar-refractivity contribution in [3.63, 3.8) is 0 Å². The molecule has 51 heavy (non-hydrogen) atoms. The van der Waals surface area contributed by atoms with Gasteiger partial charge in [-0.2, -0.15) is 0 Å². The molecule has 6 N–H and O–H groups in total. The molecule has 0 radical (unpaired) electrons. The first-order chi connectivity index (χ1) is 24.6. The minimum absolute atomic E-state index is 0.0356. The molecular formula is C34H51Cl2F2N3O10. The summed E-state index contributed by atoms with van der Waals surface area (Å²) in [6, 6.07) is 8.49. The van der Waals surface area contributed by atoms with Gasteiger partial charge in [0.15, 0.2) is 6.29 Å². The van der Waals surface area contributed by atoms with Crippen molar-refractivity contribution in [3.8, 4) is 11.5 Å². The van der Waals surface area contributed by atoms with Crippen molar-refractivity contribution in [2.45, 2.75) is 64.0 Å². The molecule has 0 spiro atoms. The predicted octanol–water partition coefficient (Wildman–Crippen LogP) is 5.25. The highest BCUT2D eigenvalue weighted by Crippen LogP contribution is 2.42. The molecule has 0 aliphatic heterocycles. The van der Waals surface area contributed by atoms with Crippen molar-refractivity contribution in [3.05, 3.63) is 58.1 Å². The van der Waals surface area contributed by atoms with E-state index in [1.807, 2.05) is 13.8 Å². The Morgan fingerprint density at radius 1 is 1.02 bits per heavy atom. The van der Waals surface area contributed by atoms with Crippen molar-refractivity contribution in [2.75, 3.05) is 41.0 Å². The molecule has 0 aromatic heterocycles. The van der Waals surface area contributed by atoms with Crippen molar-refractivity contribution in [2.24, 2.45) is 11.1 Å². The Hall–Kier alpha value is -3.89. The highest BCUT2D eigenvalue weighted by molar-refractivity contribution is 6.31. The Morgan fingerprint density at radius 2 is 1.55 bits per heavy atom. The molecule has 13 nitrogen and oxygen atoms in total. The average molecular weight is 771 g/mol. The highest BCUT2D eigenvalue weighted by Gasteiger charge is 2.42. The Labute approximate surface area is 308 Å². The first kappa shape index (κ1) is 51.5. The van der Waals surface area contributed by atoms with Gasteiger partial charge < -0.3 is 50.4 Å². The zero-order valence-corrected chi connectivity index (χ0v) is 30.9. The summed E-state index contributed by atoms with van der Waals surface area (Å²) in [6.45, 7) is 4.60. The molecule has 2 aromatic rings. The number of carbonyl (C=O) groups excluding carboxylic acids is 4. The number of hydrogen-bond donors (Lipinski definition) is 5. The monoisotopic (exact) mass is 769 g/mol. The molecule has 1 amide bonds. The number of likely N-dealkylation sites (N-methyl/N-ethyl adjacent to an activating group) is 1. The van der Waals surface area contributed by atoms with Crippen LogP contribution in [0.15, 0.2) is 36.4 Å². The van der Waals surface area contributed by atoms with Crippen LogP contribution in [0.4, 0.5) is 13.6 Å². The van der Waals surface area contributed by atoms with Crippen LogP contribution >= 0.6 is 23.2 Å². The molecule has 1 aliphatic carbocycles. The molecule has 290 valence electrons. The summed E-state index contributed by atoms with van der Waals surface area (Å²) in [5, 5.41) is 19.9. The number of halogens is 4. The third-order valence-corrected chi connectivity index (χ3v) is 7.50. The van der Waals surface area contributed by atoms with Crippen LogP contribution in [-0.4, -0.2) is 95.2 Å². The second kappa shape index (κ2) is 33.3. The fraction of sp³-hybridized carbons (Fsp3) is 0.500. The van der Waals surface area contributed by atoms with Crippen LogP contribution in [0.2, 0.25) is 10.0 Å². The summed E-state index contributed by atoms with van der Waals surface area (Å²) in [6.07, 6.45) is 5.95. The van der Waals surface area contributed by atoms with E-state index in [0.29, 0.717) is 50.2 Å². The number of unbranched alkanes of at least 4 members (excludes halogenated alkanes) is 1. The first-order valence-electron chi connectivity index (χ1n) is 15.6. The number of nitrogens with two attached hydrogens (primary N) is 1. The van der Waals surface area contributed by atoms with Crippen LogP contribution in [0.3, 0.4) is 0 Å². The van der Waals surface area contributed by atoms with Crippen LogP contribution in [-0.2, 0) is 23.9 Å². The van der Waals surface area contributed by atoms with Crippen LogP contribution < -0.4 is 25.8 Å². The standard InChI is InChI=1S/C22H32ClFN2O4.C8H6ClFO2.CH5N.CH2O2.CH4O.CH2O/c1-3-9-22(15-29-16-6-7-17(23)18(24)13-16)10-8-19(25-2)20(14-22)30-21(28)26-11-4-5-12-27;9-7-2-1-6(5-8(7)10)12-4-3-11;1-2;2-1-3;2*1-2/h6-7,12-13,19-20,25H,3-5,8-11,14-15H2,1-2H3,(H,26,28);1-3,5H,4H2;2H2,1H3;1H,(H,2,3);2H,1H3;1H2. The molecule has 0 saturated heterocycles. The number of nitrogens with one attached hydrogen (secondary N) is 2. The van der Waals surface area contributed by atoms with Gasteiger partial charge in [-0.25, -0.2) is 13.6 Å². The van der Waals surface area contributed by atoms with Gasteiger partial charge in [0.05, 0.1) is 16.7 Å². The number of hydrogen-bond acceptors (Lipinski definition) is 11. The lowest BCUT2D eigenvalue weighted by Crippen LogP contribution is -2.51. The topological polar surface area (TPSA) is 204 Å². The summed E-state index contributed by atoms with van der Waals surface area (Å²) < 4.78 is 42.9. The van der Waals surface area contributed by atoms with Gasteiger partial charge in [0.25, 0.3) is 6.47 Å². The molecule has 1 fully saturated rings. The van der Waals surface area contributed by atoms with Gasteiger partial charge in [0.2, 0.25) is 0 Å². The van der Waals surface area contributed by atoms with E-state index in [1.165, 1.54) is 31.3 Å². The molecule has 0 bridgehead atoms. The van der Waals surface area contributed by atoms with E-state index in [-0.39, 0.29) is 40.7 Å². The molecule has 3 unspecified atom stereocenters. The second-order valence-corrected chi connectivity index (χ2v) is 10.9. The molecule has 1 saturated carbocycles. The number of rotatable bonds is 14. The number of amides is 1. The summed E-state index contributed by atoms with van der Waals surface area (Å²) in [5.74, 6) is -0.331. The number of carbonyl (C=O) groups is 5. The molecule has 2 aromatic carbocycles. The Morgan fingerprint density at radius 3 is 2.00 bits per heavy atom. The van der Waals surface area contributed by atoms with Crippen LogP contribution in [0.1, 0.15) is 51.9 Å². The molecule has 1 aliphatic rings. The van der Waals surface area contributed by atoms with E-state index in [9.17, 15) is 23.2 Å². The Bertz CT molecular complexity index is 1240. The molecule has 3 rings (SSSR count). The van der Waals surface area contributed by atoms with Gasteiger partial charge in [0, 0.05) is 43.7 Å². The summed E-state index contributed by atoms with van der Waals surface area (Å²) >= 11 is 11.2. The number of carboxylic acid groups (broad SMARTS) is 1. The van der Waals surface area contributed by atoms with Crippen LogP contribution in [0, 0.1) is 17.0 Å². The fourth-order valence-corrected chi connectivity index (χ4v) is 5.02. The van der Waals surface area contributed by atoms with Gasteiger partial charge in [0.1, 0.15) is 48.9 Å². The van der Waals surface area contributed by atoms with Gasteiger partial charge in [-0.15, -0.1) is 0 Å². The van der Waals surface area contributed by atoms with Crippen molar-refractivity contribution >= 4 is 55.1 Å². The van der Waals surface area contributed by atoms with Crippen molar-refractivity contribution < 1.29 is 57.2 Å². The molecule has 0 heterocycles. The molecular weight excluding hydrogens is 719 g/mol. The maximum Gasteiger partial charge on any atom is 0.407 e. The van der Waals surface area contributed by atoms with Gasteiger partial charge in [-0.1, -0.05) is 36.5 Å². The SMILES string of the molecule is C=O.CCCC1(COc2ccc(Cl)c(F)c2)CCC(NC)C(OC(=O)NCCCC=O)C1.CN.CO.O=CCOc1ccc(Cl)c(F)c1.O=CO. The summed E-state index contributed by atoms with van der Waals surface area (Å²) in [4.78, 5) is 48.9. The lowest BCUT2D eigenvalue weighted by molar-refractivity contribution is -0.123. The number of aliphatic hydroxyl groups is 1. The second-order valence-electron chi connectivity index (χ2n) is 10.1. The number of alkyl carbamates (subject to hydrolysis) is 1. The Kier molecular flexibility index (Phi) is 33.6. The largest absolute Gasteiger partial charge is 0.493 e. The summed E-state index contributed by atoms with van der Waals surface area (Å²) in [7, 11) is 4.36. The van der Waals surface area contributed by atoms with Crippen molar-refractivity contribution in [1.82, 2.24) is 10.6 Å². The van der Waals surface area contributed by atoms with Gasteiger partial charge in [-0.3, -0.25) is 9.59 Å². The first-order valence-corrected chi connectivity index (χ1v) is 16.4. The number of aldehydes is 2. The van der Waals surface area contributed by atoms with E-state index < -0.39 is 17.7 Å². The van der Waals surface area contributed by atoms with Crippen molar-refractivity contribution in [1.29, 1.82) is 0 Å². The summed E-state index contributed by atoms with van der Waals surface area (Å²) in [5.41, 5.74) is 4.33. The lowest BCUT2D eigenvalue weighted by Gasteiger charge is -2.44. The molecule has 17 heteroatoms. The van der Waals surface area contributed by atoms with E-state index >= 15 is 0 Å². The molecule has 3 atom stereocenters. The minimum atomic E-state index is -0.555. The quantitative estimate of drug-likeness (QED) is 0.124. The maximum absolute atomic E-state index is 13.7. The number of ether oxygens (including phenoxy) is 3. The van der Waals surface area contributed by atoms with E-state index in [4.69, 9.17) is 57.2 Å². The lowest BCUT2D eigenvalue weighted by atomic mass is 9.69. The smallest absolute Gasteiger partial charge is 0.407 e. The normalized spacial score (nSPS) is 16.7. The van der Waals surface area contributed by atoms with Gasteiger partial charge in [-0.05, 0) is 70.5 Å². The number of benzene rings is 2. The van der Waals surface area contributed by atoms with E-state index in [2.05, 4.69) is 23.3 Å². The minimum Gasteiger partial charge on any atom is -0.493 e. The fourth-order valence-electron chi connectivity index (χ4n) is 4.79.